The van der Waals surface area contributed by atoms with Crippen LogP contribution >= 0.6 is 11.8 Å². The summed E-state index contributed by atoms with van der Waals surface area (Å²) in [6.45, 7) is 3.35. The number of hydrogen-bond acceptors (Lipinski definition) is 5. The van der Waals surface area contributed by atoms with Gasteiger partial charge in [0.2, 0.25) is 5.91 Å². The Labute approximate surface area is 146 Å². The molecule has 1 aromatic rings. The van der Waals surface area contributed by atoms with Gasteiger partial charge in [-0.15, -0.1) is 0 Å². The number of anilines is 1. The van der Waals surface area contributed by atoms with Crippen molar-refractivity contribution >= 4 is 29.4 Å². The second kappa shape index (κ2) is 7.73. The maximum Gasteiger partial charge on any atom is 0.245 e. The standard InChI is InChI=1S/C18H21N3O2S/c19-13-18(7-12-24-14-18)20-17(22)6-3-15-1-4-16(5-2-15)21-8-10-23-11-9-21/h1-6H,7-12,14H2,(H,20,22)/b6-3+/t18-/m0/s1. The number of nitriles is 1. The second-order valence-electron chi connectivity index (χ2n) is 6.01. The molecule has 24 heavy (non-hydrogen) atoms. The number of carbonyl (C=O) groups excluding carboxylic acids is 1. The molecule has 1 atom stereocenters. The first-order valence-electron chi connectivity index (χ1n) is 8.13. The molecule has 2 fully saturated rings. The van der Waals surface area contributed by atoms with Crippen LogP contribution in [0, 0.1) is 11.3 Å². The third-order valence-electron chi connectivity index (χ3n) is 4.29. The van der Waals surface area contributed by atoms with E-state index < -0.39 is 5.54 Å². The van der Waals surface area contributed by atoms with Crippen LogP contribution in [0.3, 0.4) is 0 Å². The van der Waals surface area contributed by atoms with Gasteiger partial charge in [-0.05, 0) is 35.9 Å². The number of amides is 1. The smallest absolute Gasteiger partial charge is 0.245 e. The van der Waals surface area contributed by atoms with Crippen molar-refractivity contribution in [3.05, 3.63) is 35.9 Å². The number of morpholine rings is 1. The lowest BCUT2D eigenvalue weighted by atomic mass is 10.0. The molecular formula is C18H21N3O2S. The van der Waals surface area contributed by atoms with Gasteiger partial charge in [-0.25, -0.2) is 0 Å². The summed E-state index contributed by atoms with van der Waals surface area (Å²) in [6, 6.07) is 10.4. The first-order valence-corrected chi connectivity index (χ1v) is 9.28. The first kappa shape index (κ1) is 16.9. The van der Waals surface area contributed by atoms with Gasteiger partial charge in [0, 0.05) is 30.6 Å². The van der Waals surface area contributed by atoms with Gasteiger partial charge >= 0.3 is 0 Å². The number of rotatable bonds is 4. The molecular weight excluding hydrogens is 322 g/mol. The number of ether oxygens (including phenoxy) is 1. The minimum absolute atomic E-state index is 0.212. The number of benzene rings is 1. The maximum absolute atomic E-state index is 12.1. The van der Waals surface area contributed by atoms with Crippen molar-refractivity contribution in [2.24, 2.45) is 0 Å². The van der Waals surface area contributed by atoms with E-state index in [0.717, 1.165) is 37.6 Å². The fourth-order valence-electron chi connectivity index (χ4n) is 2.85. The molecule has 0 unspecified atom stereocenters. The van der Waals surface area contributed by atoms with Crippen molar-refractivity contribution in [3.8, 4) is 6.07 Å². The zero-order chi connectivity index (χ0) is 16.8. The number of nitrogens with one attached hydrogen (secondary N) is 1. The van der Waals surface area contributed by atoms with E-state index in [1.54, 1.807) is 17.8 Å². The SMILES string of the molecule is N#C[C@@]1(NC(=O)/C=C/c2ccc(N3CCOCC3)cc2)CCSC1. The zero-order valence-electron chi connectivity index (χ0n) is 13.5. The predicted octanol–water partition coefficient (Wildman–Crippen LogP) is 2.05. The molecule has 0 aromatic heterocycles. The van der Waals surface area contributed by atoms with E-state index in [-0.39, 0.29) is 5.91 Å². The van der Waals surface area contributed by atoms with E-state index >= 15 is 0 Å². The van der Waals surface area contributed by atoms with Crippen LogP contribution in [-0.4, -0.2) is 49.3 Å². The zero-order valence-corrected chi connectivity index (χ0v) is 14.3. The van der Waals surface area contributed by atoms with Gasteiger partial charge in [-0.2, -0.15) is 17.0 Å². The van der Waals surface area contributed by atoms with E-state index in [2.05, 4.69) is 28.4 Å². The Morgan fingerprint density at radius 1 is 1.33 bits per heavy atom. The van der Waals surface area contributed by atoms with Gasteiger partial charge in [-0.1, -0.05) is 12.1 Å². The Morgan fingerprint density at radius 3 is 2.71 bits per heavy atom. The molecule has 0 bridgehead atoms. The molecule has 3 rings (SSSR count). The lowest BCUT2D eigenvalue weighted by Crippen LogP contribution is -2.46. The minimum atomic E-state index is -0.702. The monoisotopic (exact) mass is 343 g/mol. The number of thioether (sulfide) groups is 1. The Bertz CT molecular complexity index is 639. The van der Waals surface area contributed by atoms with Crippen LogP contribution in [0.15, 0.2) is 30.3 Å². The minimum Gasteiger partial charge on any atom is -0.378 e. The van der Waals surface area contributed by atoms with E-state index in [1.807, 2.05) is 12.1 Å². The van der Waals surface area contributed by atoms with Crippen molar-refractivity contribution in [2.75, 3.05) is 42.7 Å². The summed E-state index contributed by atoms with van der Waals surface area (Å²) < 4.78 is 5.36. The summed E-state index contributed by atoms with van der Waals surface area (Å²) in [5.74, 6) is 1.37. The summed E-state index contributed by atoms with van der Waals surface area (Å²) in [4.78, 5) is 14.4. The lowest BCUT2D eigenvalue weighted by molar-refractivity contribution is -0.117. The Morgan fingerprint density at radius 2 is 2.08 bits per heavy atom. The van der Waals surface area contributed by atoms with Crippen molar-refractivity contribution in [3.63, 3.8) is 0 Å². The molecule has 0 spiro atoms. The third-order valence-corrected chi connectivity index (χ3v) is 5.48. The molecule has 2 aliphatic rings. The van der Waals surface area contributed by atoms with Gasteiger partial charge in [0.15, 0.2) is 0 Å². The second-order valence-corrected chi connectivity index (χ2v) is 7.12. The highest BCUT2D eigenvalue weighted by molar-refractivity contribution is 7.99. The largest absolute Gasteiger partial charge is 0.378 e. The molecule has 126 valence electrons. The average Bonchev–Trinajstić information content (AvgIpc) is 3.10. The van der Waals surface area contributed by atoms with Gasteiger partial charge in [0.1, 0.15) is 5.54 Å². The number of carbonyl (C=O) groups is 1. The van der Waals surface area contributed by atoms with Gasteiger partial charge < -0.3 is 15.0 Å². The average molecular weight is 343 g/mol. The first-order chi connectivity index (χ1) is 11.7. The van der Waals surface area contributed by atoms with Crippen LogP contribution in [0.1, 0.15) is 12.0 Å². The summed E-state index contributed by atoms with van der Waals surface area (Å²) in [5, 5.41) is 12.1. The van der Waals surface area contributed by atoms with Crippen LogP contribution in [0.2, 0.25) is 0 Å². The highest BCUT2D eigenvalue weighted by atomic mass is 32.2. The van der Waals surface area contributed by atoms with Crippen LogP contribution in [0.25, 0.3) is 6.08 Å². The molecule has 2 heterocycles. The normalized spacial score (nSPS) is 24.0. The van der Waals surface area contributed by atoms with Crippen molar-refractivity contribution in [2.45, 2.75) is 12.0 Å². The number of hydrogen-bond donors (Lipinski definition) is 1. The van der Waals surface area contributed by atoms with E-state index in [1.165, 1.54) is 11.8 Å². The molecule has 6 heteroatoms. The summed E-state index contributed by atoms with van der Waals surface area (Å²) in [6.07, 6.45) is 4.00. The molecule has 0 aliphatic carbocycles. The van der Waals surface area contributed by atoms with Crippen LogP contribution in [0.4, 0.5) is 5.69 Å². The molecule has 1 N–H and O–H groups in total. The molecule has 5 nitrogen and oxygen atoms in total. The van der Waals surface area contributed by atoms with Crippen molar-refractivity contribution in [1.29, 1.82) is 5.26 Å². The molecule has 2 saturated heterocycles. The molecule has 1 aromatic carbocycles. The molecule has 1 amide bonds. The molecule has 0 radical (unpaired) electrons. The van der Waals surface area contributed by atoms with Crippen molar-refractivity contribution < 1.29 is 9.53 Å². The van der Waals surface area contributed by atoms with Gasteiger partial charge in [0.25, 0.3) is 0 Å². The fraction of sp³-hybridized carbons (Fsp3) is 0.444. The fourth-order valence-corrected chi connectivity index (χ4v) is 4.11. The summed E-state index contributed by atoms with van der Waals surface area (Å²) in [7, 11) is 0. The van der Waals surface area contributed by atoms with Crippen LogP contribution in [-0.2, 0) is 9.53 Å². The summed E-state index contributed by atoms with van der Waals surface area (Å²) >= 11 is 1.70. The van der Waals surface area contributed by atoms with E-state index in [4.69, 9.17) is 4.74 Å². The van der Waals surface area contributed by atoms with E-state index in [0.29, 0.717) is 12.2 Å². The highest BCUT2D eigenvalue weighted by Crippen LogP contribution is 2.27. The highest BCUT2D eigenvalue weighted by Gasteiger charge is 2.35. The topological polar surface area (TPSA) is 65.4 Å². The Kier molecular flexibility index (Phi) is 5.44. The third kappa shape index (κ3) is 4.11. The van der Waals surface area contributed by atoms with Crippen molar-refractivity contribution in [1.82, 2.24) is 5.32 Å². The molecule has 2 aliphatic heterocycles. The Hall–Kier alpha value is -1.97. The van der Waals surface area contributed by atoms with Gasteiger partial charge in [-0.3, -0.25) is 4.79 Å². The predicted molar refractivity (Wildman–Crippen MR) is 96.9 cm³/mol. The molecule has 0 saturated carbocycles. The summed E-state index contributed by atoms with van der Waals surface area (Å²) in [5.41, 5.74) is 1.44. The number of nitrogens with zero attached hydrogens (tertiary/aromatic N) is 2. The Balaban J connectivity index is 1.58. The van der Waals surface area contributed by atoms with E-state index in [9.17, 15) is 10.1 Å². The van der Waals surface area contributed by atoms with Crippen LogP contribution in [0.5, 0.6) is 0 Å². The quantitative estimate of drug-likeness (QED) is 0.848. The van der Waals surface area contributed by atoms with Gasteiger partial charge in [0.05, 0.1) is 19.3 Å². The van der Waals surface area contributed by atoms with Crippen LogP contribution < -0.4 is 10.2 Å². The lowest BCUT2D eigenvalue weighted by Gasteiger charge is -2.28. The maximum atomic E-state index is 12.1.